The van der Waals surface area contributed by atoms with Crippen molar-refractivity contribution in [3.63, 3.8) is 0 Å². The van der Waals surface area contributed by atoms with E-state index >= 15 is 8.78 Å². The molecule has 6 aromatic rings. The number of anilines is 1. The molecule has 0 aliphatic carbocycles. The van der Waals surface area contributed by atoms with E-state index in [0.29, 0.717) is 55.5 Å². The maximum absolute atomic E-state index is 17.3. The first-order valence-corrected chi connectivity index (χ1v) is 28.6. The lowest BCUT2D eigenvalue weighted by molar-refractivity contribution is -0.152. The van der Waals surface area contributed by atoms with Gasteiger partial charge in [0, 0.05) is 91.2 Å². The van der Waals surface area contributed by atoms with Gasteiger partial charge in [-0.15, -0.1) is 6.42 Å². The lowest BCUT2D eigenvalue weighted by atomic mass is 9.83. The summed E-state index contributed by atoms with van der Waals surface area (Å²) in [6.07, 6.45) is 14.4. The van der Waals surface area contributed by atoms with Crippen LogP contribution in [0, 0.1) is 43.2 Å². The molecular formula is C63H72F2N10O6. The number of likely N-dealkylation sites (tertiary alicyclic amines) is 3. The van der Waals surface area contributed by atoms with Gasteiger partial charge in [0.15, 0.2) is 5.82 Å². The number of aliphatic hydroxyl groups excluding tert-OH is 1. The summed E-state index contributed by atoms with van der Waals surface area (Å²) in [4.78, 5) is 69.6. The second kappa shape index (κ2) is 22.5. The van der Waals surface area contributed by atoms with Crippen molar-refractivity contribution in [2.75, 3.05) is 44.2 Å². The Bertz CT molecular complexity index is 3430. The molecule has 5 fully saturated rings. The minimum Gasteiger partial charge on any atom is -0.508 e. The normalized spacial score (nSPS) is 22.9. The van der Waals surface area contributed by atoms with E-state index in [1.807, 2.05) is 65.0 Å². The summed E-state index contributed by atoms with van der Waals surface area (Å²) >= 11 is 0. The number of aryl methyl sites for hydroxylation is 2. The maximum atomic E-state index is 17.3. The highest BCUT2D eigenvalue weighted by Crippen LogP contribution is 2.41. The zero-order valence-corrected chi connectivity index (χ0v) is 47.0. The molecule has 18 heteroatoms. The molecule has 2 bridgehead atoms. The Kier molecular flexibility index (Phi) is 15.5. The van der Waals surface area contributed by atoms with Crippen LogP contribution in [0.3, 0.4) is 0 Å². The van der Waals surface area contributed by atoms with Crippen molar-refractivity contribution in [2.24, 2.45) is 5.41 Å². The fourth-order valence-corrected chi connectivity index (χ4v) is 13.5. The minimum absolute atomic E-state index is 0.00583. The summed E-state index contributed by atoms with van der Waals surface area (Å²) in [6, 6.07) is 13.6. The lowest BCUT2D eigenvalue weighted by Crippen LogP contribution is -2.59. The highest BCUT2D eigenvalue weighted by atomic mass is 19.1. The van der Waals surface area contributed by atoms with Crippen LogP contribution < -0.4 is 20.3 Å². The van der Waals surface area contributed by atoms with Gasteiger partial charge in [-0.1, -0.05) is 57.0 Å². The third-order valence-corrected chi connectivity index (χ3v) is 17.5. The smallest absolute Gasteiger partial charge is 0.319 e. The Morgan fingerprint density at radius 2 is 1.74 bits per heavy atom. The number of benzene rings is 3. The molecule has 5 aliphatic heterocycles. The number of aromatic nitrogens is 4. The quantitative estimate of drug-likeness (QED) is 0.0720. The molecule has 3 amide bonds. The number of aliphatic hydroxyl groups is 1. The number of phenolic OH excluding ortho intramolecular Hbond substituents is 1. The average Bonchev–Trinajstić information content (AvgIpc) is 4.36. The van der Waals surface area contributed by atoms with Gasteiger partial charge >= 0.3 is 6.01 Å². The number of halogens is 2. The molecule has 2 unspecified atom stereocenters. The monoisotopic (exact) mass is 1100 g/mol. The number of amides is 3. The van der Waals surface area contributed by atoms with E-state index in [9.17, 15) is 24.6 Å². The molecule has 424 valence electrons. The fraction of sp³-hybridized carbons (Fsp3) is 0.476. The third-order valence-electron chi connectivity index (χ3n) is 17.5. The topological polar surface area (TPSA) is 189 Å². The van der Waals surface area contributed by atoms with E-state index in [4.69, 9.17) is 21.1 Å². The van der Waals surface area contributed by atoms with Crippen molar-refractivity contribution >= 4 is 45.2 Å². The van der Waals surface area contributed by atoms with E-state index in [1.165, 1.54) is 35.4 Å². The number of hydrogen-bond acceptors (Lipinski definition) is 13. The third kappa shape index (κ3) is 11.0. The second-order valence-electron chi connectivity index (χ2n) is 24.1. The summed E-state index contributed by atoms with van der Waals surface area (Å²) in [6.45, 7) is 14.9. The number of terminal acetylenes is 1. The van der Waals surface area contributed by atoms with Gasteiger partial charge in [0.05, 0.1) is 23.1 Å². The van der Waals surface area contributed by atoms with Crippen molar-refractivity contribution in [1.29, 1.82) is 0 Å². The molecule has 0 saturated carbocycles. The van der Waals surface area contributed by atoms with Gasteiger partial charge < -0.3 is 40.3 Å². The van der Waals surface area contributed by atoms with Crippen molar-refractivity contribution in [1.82, 2.24) is 45.3 Å². The van der Waals surface area contributed by atoms with Crippen LogP contribution in [0.2, 0.25) is 0 Å². The van der Waals surface area contributed by atoms with Crippen molar-refractivity contribution < 1.29 is 38.1 Å². The largest absolute Gasteiger partial charge is 0.508 e. The van der Waals surface area contributed by atoms with Crippen LogP contribution >= 0.6 is 0 Å². The zero-order chi connectivity index (χ0) is 57.0. The number of nitrogens with zero attached hydrogens (tertiary/aromatic N) is 8. The van der Waals surface area contributed by atoms with E-state index in [2.05, 4.69) is 43.2 Å². The molecule has 8 atom stereocenters. The number of fused-ring (bicyclic) bond motifs is 4. The van der Waals surface area contributed by atoms with Crippen molar-refractivity contribution in [3.8, 4) is 46.5 Å². The molecular weight excluding hydrogens is 1030 g/mol. The molecule has 0 radical (unpaired) electrons. The number of carbonyl (C=O) groups excluding carboxylic acids is 3. The standard InChI is InChI=1S/C63H72F2N10O6/c1-8-47-50(64)21-17-40-27-45(76)28-48(54(40)47)56-55(65)57-49(30-67-56)59(73-31-41-18-19-42(32-73)69-41)71-62(70-57)81-34-44-12-10-26-72(44)25-9-11-43-20-22-52(78)75(43)58(63(5,6)7)61(80)74-33-46(77)29-51(74)60(79)68-36(3)38-13-15-39(16-14-38)53-35(2)23-24-66-37(53)4/h1,13-17,21,23-24,27-28,30,36,41-44,46,51,58,69,76-77H,9-12,18-20,22,25-26,29,31-34H2,2-7H3,(H,68,79)/t36-,41?,42?,43-,44-,46+,51-,58+/m0/s1. The zero-order valence-electron chi connectivity index (χ0n) is 47.0. The van der Waals surface area contributed by atoms with Gasteiger partial charge in [-0.25, -0.2) is 8.78 Å². The molecule has 8 heterocycles. The first-order valence-electron chi connectivity index (χ1n) is 28.6. The molecule has 0 spiro atoms. The highest BCUT2D eigenvalue weighted by Gasteiger charge is 2.50. The van der Waals surface area contributed by atoms with Gasteiger partial charge in [-0.2, -0.15) is 9.97 Å². The summed E-state index contributed by atoms with van der Waals surface area (Å²) in [7, 11) is 0. The number of piperazine rings is 1. The Hall–Kier alpha value is -7.33. The number of phenols is 1. The van der Waals surface area contributed by atoms with Crippen molar-refractivity contribution in [3.05, 3.63) is 101 Å². The lowest BCUT2D eigenvalue weighted by Gasteiger charge is -2.43. The van der Waals surface area contributed by atoms with Gasteiger partial charge in [-0.3, -0.25) is 29.3 Å². The molecule has 5 aliphatic rings. The van der Waals surface area contributed by atoms with Gasteiger partial charge in [0.1, 0.15) is 47.3 Å². The second-order valence-corrected chi connectivity index (χ2v) is 24.1. The predicted molar refractivity (Wildman–Crippen MR) is 306 cm³/mol. The number of hydrogen-bond donors (Lipinski definition) is 4. The van der Waals surface area contributed by atoms with Gasteiger partial charge in [0.2, 0.25) is 17.7 Å². The van der Waals surface area contributed by atoms with Crippen LogP contribution in [0.4, 0.5) is 14.6 Å². The molecule has 11 rings (SSSR count). The molecule has 3 aromatic heterocycles. The molecule has 3 aromatic carbocycles. The van der Waals surface area contributed by atoms with Crippen LogP contribution in [-0.4, -0.2) is 144 Å². The Morgan fingerprint density at radius 1 is 0.975 bits per heavy atom. The molecule has 16 nitrogen and oxygen atoms in total. The molecule has 4 N–H and O–H groups in total. The first-order chi connectivity index (χ1) is 38.8. The van der Waals surface area contributed by atoms with E-state index in [1.54, 1.807) is 11.1 Å². The number of nitrogens with one attached hydrogen (secondary N) is 2. The van der Waals surface area contributed by atoms with Crippen LogP contribution in [0.25, 0.3) is 44.1 Å². The van der Waals surface area contributed by atoms with Gasteiger partial charge in [-0.05, 0) is 131 Å². The fourth-order valence-electron chi connectivity index (χ4n) is 13.5. The number of pyridine rings is 2. The maximum Gasteiger partial charge on any atom is 0.319 e. The Labute approximate surface area is 471 Å². The SMILES string of the molecule is C#Cc1c(F)ccc2cc(O)cc(-c3ncc4c(N5CC6CCC(C5)N6)nc(OC[C@@H]5CCCN5CCC[C@H]5CCC(=O)N5[C@H](C(=O)N5C[C@H](O)C[C@H]5C(=O)N[C@@H](C)c5ccc(-c6c(C)ccnc6C)cc5)C(C)(C)C)nc4c3F)c12. The number of ether oxygens (including phenoxy) is 1. The summed E-state index contributed by atoms with van der Waals surface area (Å²) in [5.74, 6) is 0.514. The van der Waals surface area contributed by atoms with Crippen molar-refractivity contribution in [2.45, 2.75) is 148 Å². The van der Waals surface area contributed by atoms with Crippen LogP contribution in [-0.2, 0) is 14.4 Å². The molecule has 5 saturated heterocycles. The number of carbonyl (C=O) groups is 3. The van der Waals surface area contributed by atoms with Crippen LogP contribution in [0.1, 0.15) is 114 Å². The first kappa shape index (κ1) is 55.6. The minimum atomic E-state index is -0.914. The van der Waals surface area contributed by atoms with Crippen LogP contribution in [0.15, 0.2) is 67.0 Å². The number of rotatable bonds is 15. The summed E-state index contributed by atoms with van der Waals surface area (Å²) in [5, 5.41) is 29.6. The summed E-state index contributed by atoms with van der Waals surface area (Å²) in [5.41, 5.74) is 4.25. The van der Waals surface area contributed by atoms with E-state index in [-0.39, 0.29) is 107 Å². The van der Waals surface area contributed by atoms with E-state index in [0.717, 1.165) is 66.6 Å². The number of β-amino-alcohol motifs (C(OH)–C–C–N with tert-alkyl or cyclic N) is 1. The Balaban J connectivity index is 0.773. The predicted octanol–water partition coefficient (Wildman–Crippen LogP) is 8.30. The van der Waals surface area contributed by atoms with Crippen LogP contribution in [0.5, 0.6) is 11.8 Å². The summed E-state index contributed by atoms with van der Waals surface area (Å²) < 4.78 is 38.9. The number of aromatic hydroxyl groups is 1. The van der Waals surface area contributed by atoms with E-state index < -0.39 is 35.2 Å². The molecule has 81 heavy (non-hydrogen) atoms. The average molecular weight is 1100 g/mol. The van der Waals surface area contributed by atoms with Gasteiger partial charge in [0.25, 0.3) is 0 Å². The Morgan fingerprint density at radius 3 is 2.47 bits per heavy atom. The highest BCUT2D eigenvalue weighted by molar-refractivity contribution is 6.03.